The Balaban J connectivity index is 2.55. The van der Waals surface area contributed by atoms with E-state index in [2.05, 4.69) is 0 Å². The van der Waals surface area contributed by atoms with Crippen molar-refractivity contribution in [2.24, 2.45) is 0 Å². The van der Waals surface area contributed by atoms with E-state index in [1.807, 2.05) is 24.5 Å². The van der Waals surface area contributed by atoms with Gasteiger partial charge in [0.25, 0.3) is 0 Å². The molecule has 0 saturated heterocycles. The number of phenolic OH excluding ortho intramolecular Hbond substituents is 1. The number of fused-ring (bicyclic) bond motifs is 1. The molecule has 0 spiro atoms. The SMILES string of the molecule is CSCc1cc2cccc(O)c2o1. The van der Waals surface area contributed by atoms with Crippen LogP contribution in [0.1, 0.15) is 5.76 Å². The van der Waals surface area contributed by atoms with Gasteiger partial charge in [0.15, 0.2) is 11.3 Å². The predicted molar refractivity (Wildman–Crippen MR) is 55.1 cm³/mol. The van der Waals surface area contributed by atoms with Crippen molar-refractivity contribution in [2.45, 2.75) is 5.75 Å². The molecule has 0 aliphatic heterocycles. The van der Waals surface area contributed by atoms with E-state index in [-0.39, 0.29) is 5.75 Å². The summed E-state index contributed by atoms with van der Waals surface area (Å²) in [7, 11) is 0. The topological polar surface area (TPSA) is 33.4 Å². The highest BCUT2D eigenvalue weighted by Crippen LogP contribution is 2.28. The van der Waals surface area contributed by atoms with Gasteiger partial charge < -0.3 is 9.52 Å². The molecule has 1 heterocycles. The highest BCUT2D eigenvalue weighted by molar-refractivity contribution is 7.97. The van der Waals surface area contributed by atoms with Crippen LogP contribution in [0.3, 0.4) is 0 Å². The maximum atomic E-state index is 9.45. The van der Waals surface area contributed by atoms with Gasteiger partial charge in [0.05, 0.1) is 5.75 Å². The van der Waals surface area contributed by atoms with Crippen LogP contribution in [0.4, 0.5) is 0 Å². The molecule has 1 N–H and O–H groups in total. The highest BCUT2D eigenvalue weighted by atomic mass is 32.2. The van der Waals surface area contributed by atoms with Crippen LogP contribution in [0.15, 0.2) is 28.7 Å². The lowest BCUT2D eigenvalue weighted by atomic mass is 10.2. The van der Waals surface area contributed by atoms with Crippen LogP contribution in [0, 0.1) is 0 Å². The molecular weight excluding hydrogens is 184 g/mol. The third kappa shape index (κ3) is 1.52. The van der Waals surface area contributed by atoms with Gasteiger partial charge >= 0.3 is 0 Å². The van der Waals surface area contributed by atoms with Gasteiger partial charge in [-0.15, -0.1) is 0 Å². The van der Waals surface area contributed by atoms with Gasteiger partial charge in [0.1, 0.15) is 5.76 Å². The molecule has 0 atom stereocenters. The minimum Gasteiger partial charge on any atom is -0.504 e. The quantitative estimate of drug-likeness (QED) is 0.797. The van der Waals surface area contributed by atoms with Crippen molar-refractivity contribution < 1.29 is 9.52 Å². The standard InChI is InChI=1S/C10H10O2S/c1-13-6-8-5-7-3-2-4-9(11)10(7)12-8/h2-5,11H,6H2,1H3. The molecular formula is C10H10O2S. The van der Waals surface area contributed by atoms with Crippen LogP contribution in [-0.2, 0) is 5.75 Å². The Morgan fingerprint density at radius 1 is 1.46 bits per heavy atom. The van der Waals surface area contributed by atoms with Crippen LogP contribution >= 0.6 is 11.8 Å². The molecule has 0 aliphatic rings. The van der Waals surface area contributed by atoms with Gasteiger partial charge in [-0.2, -0.15) is 11.8 Å². The number of phenols is 1. The van der Waals surface area contributed by atoms with E-state index < -0.39 is 0 Å². The van der Waals surface area contributed by atoms with Crippen LogP contribution in [0.2, 0.25) is 0 Å². The molecule has 2 rings (SSSR count). The summed E-state index contributed by atoms with van der Waals surface area (Å²) in [6.07, 6.45) is 2.02. The fraction of sp³-hybridized carbons (Fsp3) is 0.200. The minimum absolute atomic E-state index is 0.213. The van der Waals surface area contributed by atoms with Crippen molar-refractivity contribution in [3.63, 3.8) is 0 Å². The summed E-state index contributed by atoms with van der Waals surface area (Å²) in [6, 6.07) is 7.35. The van der Waals surface area contributed by atoms with E-state index in [4.69, 9.17) is 4.42 Å². The van der Waals surface area contributed by atoms with Gasteiger partial charge in [0.2, 0.25) is 0 Å². The summed E-state index contributed by atoms with van der Waals surface area (Å²) >= 11 is 1.70. The summed E-state index contributed by atoms with van der Waals surface area (Å²) in [5.74, 6) is 1.96. The molecule has 2 aromatic rings. The van der Waals surface area contributed by atoms with Crippen LogP contribution in [-0.4, -0.2) is 11.4 Å². The molecule has 0 bridgehead atoms. The van der Waals surface area contributed by atoms with Crippen molar-refractivity contribution in [1.82, 2.24) is 0 Å². The molecule has 0 radical (unpaired) electrons. The number of thioether (sulfide) groups is 1. The zero-order chi connectivity index (χ0) is 9.26. The van der Waals surface area contributed by atoms with Gasteiger partial charge in [-0.3, -0.25) is 0 Å². The lowest BCUT2D eigenvalue weighted by molar-refractivity contribution is 0.461. The number of aromatic hydroxyl groups is 1. The second-order valence-corrected chi connectivity index (χ2v) is 3.71. The summed E-state index contributed by atoms with van der Waals surface area (Å²) in [6.45, 7) is 0. The van der Waals surface area contributed by atoms with E-state index >= 15 is 0 Å². The maximum Gasteiger partial charge on any atom is 0.175 e. The first-order chi connectivity index (χ1) is 6.31. The van der Waals surface area contributed by atoms with Crippen molar-refractivity contribution in [3.05, 3.63) is 30.0 Å². The van der Waals surface area contributed by atoms with Crippen molar-refractivity contribution >= 4 is 22.7 Å². The maximum absolute atomic E-state index is 9.45. The monoisotopic (exact) mass is 194 g/mol. The number of furan rings is 1. The first-order valence-electron chi connectivity index (χ1n) is 4.00. The molecule has 68 valence electrons. The third-order valence-corrected chi connectivity index (χ3v) is 2.43. The number of benzene rings is 1. The molecule has 13 heavy (non-hydrogen) atoms. The Kier molecular flexibility index (Phi) is 2.19. The largest absolute Gasteiger partial charge is 0.504 e. The second-order valence-electron chi connectivity index (χ2n) is 2.84. The zero-order valence-corrected chi connectivity index (χ0v) is 8.10. The summed E-state index contributed by atoms with van der Waals surface area (Å²) in [5.41, 5.74) is 0.589. The molecule has 2 nitrogen and oxygen atoms in total. The lowest BCUT2D eigenvalue weighted by Gasteiger charge is -1.91. The van der Waals surface area contributed by atoms with Crippen molar-refractivity contribution in [3.8, 4) is 5.75 Å². The minimum atomic E-state index is 0.213. The Labute approximate surface area is 80.6 Å². The Bertz CT molecular complexity index is 420. The molecule has 0 aliphatic carbocycles. The van der Waals surface area contributed by atoms with E-state index in [0.29, 0.717) is 5.58 Å². The first-order valence-corrected chi connectivity index (χ1v) is 5.40. The zero-order valence-electron chi connectivity index (χ0n) is 7.28. The molecule has 0 fully saturated rings. The van der Waals surface area contributed by atoms with E-state index in [1.165, 1.54) is 0 Å². The van der Waals surface area contributed by atoms with E-state index in [9.17, 15) is 5.11 Å². The first kappa shape index (κ1) is 8.51. The van der Waals surface area contributed by atoms with E-state index in [1.54, 1.807) is 17.8 Å². The lowest BCUT2D eigenvalue weighted by Crippen LogP contribution is -1.69. The highest BCUT2D eigenvalue weighted by Gasteiger charge is 2.05. The Morgan fingerprint density at radius 2 is 2.31 bits per heavy atom. The van der Waals surface area contributed by atoms with Crippen molar-refractivity contribution in [1.29, 1.82) is 0 Å². The molecule has 0 saturated carbocycles. The van der Waals surface area contributed by atoms with Gasteiger partial charge in [0, 0.05) is 5.39 Å². The summed E-state index contributed by atoms with van der Waals surface area (Å²) < 4.78 is 5.47. The van der Waals surface area contributed by atoms with Gasteiger partial charge in [-0.05, 0) is 18.4 Å². The summed E-state index contributed by atoms with van der Waals surface area (Å²) in [4.78, 5) is 0. The number of rotatable bonds is 2. The number of hydrogen-bond donors (Lipinski definition) is 1. The average Bonchev–Trinajstić information content (AvgIpc) is 2.49. The van der Waals surface area contributed by atoms with Crippen LogP contribution in [0.5, 0.6) is 5.75 Å². The Hall–Kier alpha value is -1.09. The van der Waals surface area contributed by atoms with Crippen LogP contribution < -0.4 is 0 Å². The molecule has 1 aromatic carbocycles. The fourth-order valence-electron chi connectivity index (χ4n) is 1.31. The third-order valence-electron chi connectivity index (χ3n) is 1.86. The number of para-hydroxylation sites is 1. The Morgan fingerprint density at radius 3 is 3.00 bits per heavy atom. The van der Waals surface area contributed by atoms with Gasteiger partial charge in [-0.25, -0.2) is 0 Å². The summed E-state index contributed by atoms with van der Waals surface area (Å²) in [5, 5.41) is 10.4. The van der Waals surface area contributed by atoms with Crippen molar-refractivity contribution in [2.75, 3.05) is 6.26 Å². The van der Waals surface area contributed by atoms with Crippen LogP contribution in [0.25, 0.3) is 11.0 Å². The predicted octanol–water partition coefficient (Wildman–Crippen LogP) is 3.00. The fourth-order valence-corrected chi connectivity index (χ4v) is 1.74. The smallest absolute Gasteiger partial charge is 0.175 e. The molecule has 0 unspecified atom stereocenters. The van der Waals surface area contributed by atoms with E-state index in [0.717, 1.165) is 16.9 Å². The number of hydrogen-bond acceptors (Lipinski definition) is 3. The van der Waals surface area contributed by atoms with Gasteiger partial charge in [-0.1, -0.05) is 12.1 Å². The molecule has 3 heteroatoms. The normalized spacial score (nSPS) is 10.8. The second kappa shape index (κ2) is 3.34. The average molecular weight is 194 g/mol. The molecule has 1 aromatic heterocycles. The molecule has 0 amide bonds.